The number of nitrogens with two attached hydrogens (primary N) is 1. The van der Waals surface area contributed by atoms with Crippen molar-refractivity contribution in [3.8, 4) is 16.9 Å². The number of rotatable bonds is 7. The summed E-state index contributed by atoms with van der Waals surface area (Å²) in [6, 6.07) is 19.0. The first-order valence-electron chi connectivity index (χ1n) is 13.3. The third kappa shape index (κ3) is 5.19. The number of amides is 1. The van der Waals surface area contributed by atoms with Gasteiger partial charge in [-0.3, -0.25) is 0 Å². The Balaban J connectivity index is 1.34. The highest BCUT2D eigenvalue weighted by Crippen LogP contribution is 2.44. The highest BCUT2D eigenvalue weighted by atomic mass is 19.1. The maximum absolute atomic E-state index is 14.9. The number of ether oxygens (including phenoxy) is 2. The SMILES string of the molecule is COc1cc(C=C(CNC(=O)OCC2c3ccccc3-c3ccccc32)B2OC(C)(C)C(C)(C)O2)c(F)cc1N. The number of anilines is 1. The van der Waals surface area contributed by atoms with Gasteiger partial charge in [0, 0.05) is 24.1 Å². The van der Waals surface area contributed by atoms with Crippen molar-refractivity contribution >= 4 is 25.0 Å². The highest BCUT2D eigenvalue weighted by molar-refractivity contribution is 6.56. The van der Waals surface area contributed by atoms with Crippen LogP contribution in [0, 0.1) is 5.82 Å². The first kappa shape index (κ1) is 27.7. The third-order valence-corrected chi connectivity index (χ3v) is 8.03. The Labute approximate surface area is 234 Å². The summed E-state index contributed by atoms with van der Waals surface area (Å²) in [5.74, 6) is -0.258. The first-order valence-corrected chi connectivity index (χ1v) is 13.3. The molecular formula is C31H34BFN2O5. The lowest BCUT2D eigenvalue weighted by Crippen LogP contribution is -2.41. The van der Waals surface area contributed by atoms with Gasteiger partial charge in [0.25, 0.3) is 0 Å². The van der Waals surface area contributed by atoms with Crippen LogP contribution in [0.1, 0.15) is 50.3 Å². The van der Waals surface area contributed by atoms with E-state index >= 15 is 0 Å². The van der Waals surface area contributed by atoms with Gasteiger partial charge >= 0.3 is 13.2 Å². The van der Waals surface area contributed by atoms with Crippen LogP contribution in [0.4, 0.5) is 14.9 Å². The van der Waals surface area contributed by atoms with Crippen molar-refractivity contribution in [2.24, 2.45) is 0 Å². The zero-order valence-electron chi connectivity index (χ0n) is 23.4. The average Bonchev–Trinajstić information content (AvgIpc) is 3.35. The van der Waals surface area contributed by atoms with Gasteiger partial charge < -0.3 is 29.8 Å². The van der Waals surface area contributed by atoms with E-state index in [4.69, 9.17) is 24.5 Å². The molecule has 0 atom stereocenters. The second kappa shape index (κ2) is 10.6. The van der Waals surface area contributed by atoms with E-state index in [-0.39, 0.29) is 30.3 Å². The molecule has 2 aliphatic rings. The van der Waals surface area contributed by atoms with Gasteiger partial charge in [-0.25, -0.2) is 9.18 Å². The number of carbonyl (C=O) groups excluding carboxylic acids is 1. The Morgan fingerprint density at radius 2 is 1.60 bits per heavy atom. The van der Waals surface area contributed by atoms with Crippen LogP contribution in [0.2, 0.25) is 0 Å². The van der Waals surface area contributed by atoms with E-state index < -0.39 is 30.2 Å². The van der Waals surface area contributed by atoms with Crippen molar-refractivity contribution in [1.82, 2.24) is 5.32 Å². The molecule has 1 aliphatic heterocycles. The standard InChI is InChI=1S/C31H34BFN2O5/c1-30(2)31(3,4)40-32(39-30)20(14-19-15-28(37-5)27(34)16-26(19)33)17-35-29(36)38-18-25-23-12-8-6-10-21(23)22-11-7-9-13-24(22)25/h6-16,25H,17-18,34H2,1-5H3,(H,35,36). The summed E-state index contributed by atoms with van der Waals surface area (Å²) in [4.78, 5) is 12.9. The molecule has 0 bridgehead atoms. The lowest BCUT2D eigenvalue weighted by atomic mass is 9.77. The number of halogens is 1. The summed E-state index contributed by atoms with van der Waals surface area (Å²) in [5, 5.41) is 2.80. The number of nitrogen functional groups attached to an aromatic ring is 1. The van der Waals surface area contributed by atoms with Gasteiger partial charge in [-0.15, -0.1) is 0 Å². The fourth-order valence-corrected chi connectivity index (χ4v) is 5.09. The maximum atomic E-state index is 14.9. The van der Waals surface area contributed by atoms with Crippen molar-refractivity contribution in [3.05, 3.63) is 88.6 Å². The van der Waals surface area contributed by atoms with Crippen LogP contribution in [0.15, 0.2) is 66.1 Å². The van der Waals surface area contributed by atoms with Gasteiger partial charge in [0.15, 0.2) is 0 Å². The van der Waals surface area contributed by atoms with Gasteiger partial charge in [-0.05, 0) is 61.5 Å². The van der Waals surface area contributed by atoms with Crippen LogP contribution in [-0.4, -0.2) is 44.7 Å². The average molecular weight is 544 g/mol. The van der Waals surface area contributed by atoms with Crippen LogP contribution in [0.25, 0.3) is 17.2 Å². The number of carbonyl (C=O) groups is 1. The number of hydrogen-bond donors (Lipinski definition) is 2. The molecule has 1 fully saturated rings. The summed E-state index contributed by atoms with van der Waals surface area (Å²) in [6.07, 6.45) is 0.989. The number of benzene rings is 3. The van der Waals surface area contributed by atoms with E-state index in [0.29, 0.717) is 11.2 Å². The molecule has 208 valence electrons. The van der Waals surface area contributed by atoms with Gasteiger partial charge in [-0.1, -0.05) is 54.6 Å². The first-order chi connectivity index (χ1) is 19.0. The number of fused-ring (bicyclic) bond motifs is 3. The molecule has 5 rings (SSSR count). The minimum atomic E-state index is -0.818. The maximum Gasteiger partial charge on any atom is 0.492 e. The van der Waals surface area contributed by atoms with Crippen molar-refractivity contribution in [3.63, 3.8) is 0 Å². The normalized spacial score (nSPS) is 17.4. The minimum absolute atomic E-state index is 0.0135. The summed E-state index contributed by atoms with van der Waals surface area (Å²) in [7, 11) is 0.645. The fourth-order valence-electron chi connectivity index (χ4n) is 5.09. The van der Waals surface area contributed by atoms with Gasteiger partial charge in [0.1, 0.15) is 18.2 Å². The Kier molecular flexibility index (Phi) is 7.37. The topological polar surface area (TPSA) is 92.0 Å². The summed E-state index contributed by atoms with van der Waals surface area (Å²) in [5.41, 5.74) is 10.1. The van der Waals surface area contributed by atoms with Gasteiger partial charge in [0.2, 0.25) is 0 Å². The summed E-state index contributed by atoms with van der Waals surface area (Å²) < 4.78 is 38.3. The molecule has 1 amide bonds. The molecule has 7 nitrogen and oxygen atoms in total. The molecule has 0 radical (unpaired) electrons. The van der Waals surface area contributed by atoms with E-state index in [0.717, 1.165) is 22.3 Å². The Morgan fingerprint density at radius 3 is 2.17 bits per heavy atom. The molecule has 0 saturated carbocycles. The van der Waals surface area contributed by atoms with Crippen LogP contribution in [-0.2, 0) is 14.0 Å². The Hall–Kier alpha value is -3.82. The molecule has 0 spiro atoms. The van der Waals surface area contributed by atoms with Gasteiger partial charge in [-0.2, -0.15) is 0 Å². The highest BCUT2D eigenvalue weighted by Gasteiger charge is 2.52. The van der Waals surface area contributed by atoms with Crippen LogP contribution in [0.3, 0.4) is 0 Å². The predicted octanol–water partition coefficient (Wildman–Crippen LogP) is 5.97. The number of nitrogens with one attached hydrogen (secondary N) is 1. The van der Waals surface area contributed by atoms with Crippen LogP contribution >= 0.6 is 0 Å². The molecule has 3 aromatic carbocycles. The van der Waals surface area contributed by atoms with Gasteiger partial charge in [0.05, 0.1) is 24.0 Å². The molecule has 0 unspecified atom stereocenters. The summed E-state index contributed by atoms with van der Waals surface area (Å²) >= 11 is 0. The second-order valence-corrected chi connectivity index (χ2v) is 11.1. The smallest absolute Gasteiger partial charge is 0.492 e. The van der Waals surface area contributed by atoms with E-state index in [2.05, 4.69) is 29.6 Å². The molecule has 9 heteroatoms. The molecule has 1 saturated heterocycles. The minimum Gasteiger partial charge on any atom is -0.495 e. The van der Waals surface area contributed by atoms with Crippen molar-refractivity contribution in [2.75, 3.05) is 26.0 Å². The molecule has 0 aromatic heterocycles. The molecule has 3 N–H and O–H groups in total. The largest absolute Gasteiger partial charge is 0.495 e. The molecule has 1 heterocycles. The fraction of sp³-hybridized carbons (Fsp3) is 0.323. The molecule has 1 aliphatic carbocycles. The zero-order chi connectivity index (χ0) is 28.7. The third-order valence-electron chi connectivity index (χ3n) is 8.03. The van der Waals surface area contributed by atoms with E-state index in [9.17, 15) is 9.18 Å². The predicted molar refractivity (Wildman–Crippen MR) is 154 cm³/mol. The van der Waals surface area contributed by atoms with E-state index in [1.807, 2.05) is 52.0 Å². The van der Waals surface area contributed by atoms with E-state index in [1.54, 1.807) is 6.08 Å². The monoisotopic (exact) mass is 544 g/mol. The Bertz CT molecular complexity index is 1410. The van der Waals surface area contributed by atoms with Crippen LogP contribution < -0.4 is 15.8 Å². The Morgan fingerprint density at radius 1 is 1.02 bits per heavy atom. The zero-order valence-corrected chi connectivity index (χ0v) is 23.4. The van der Waals surface area contributed by atoms with Crippen molar-refractivity contribution in [2.45, 2.75) is 44.8 Å². The van der Waals surface area contributed by atoms with E-state index in [1.165, 1.54) is 19.2 Å². The van der Waals surface area contributed by atoms with Crippen LogP contribution in [0.5, 0.6) is 5.75 Å². The molecule has 40 heavy (non-hydrogen) atoms. The number of methoxy groups -OCH3 is 1. The lowest BCUT2D eigenvalue weighted by Gasteiger charge is -2.32. The quantitative estimate of drug-likeness (QED) is 0.281. The molecule has 3 aromatic rings. The second-order valence-electron chi connectivity index (χ2n) is 11.1. The van der Waals surface area contributed by atoms with Crippen molar-refractivity contribution < 1.29 is 28.0 Å². The van der Waals surface area contributed by atoms with Crippen molar-refractivity contribution in [1.29, 1.82) is 0 Å². The summed E-state index contributed by atoms with van der Waals surface area (Å²) in [6.45, 7) is 7.90. The lowest BCUT2D eigenvalue weighted by molar-refractivity contribution is 0.00578. The number of hydrogen-bond acceptors (Lipinski definition) is 6. The number of alkyl carbamates (subject to hydrolysis) is 1. The molecular weight excluding hydrogens is 510 g/mol.